The van der Waals surface area contributed by atoms with Crippen LogP contribution in [0, 0.1) is 0 Å². The summed E-state index contributed by atoms with van der Waals surface area (Å²) in [5, 5.41) is 0. The first-order chi connectivity index (χ1) is 9.92. The molecule has 0 bridgehead atoms. The molecule has 3 rings (SSSR count). The third-order valence-electron chi connectivity index (χ3n) is 4.67. The molecule has 20 heavy (non-hydrogen) atoms. The number of anilines is 1. The van der Waals surface area contributed by atoms with Gasteiger partial charge in [-0.3, -0.25) is 4.90 Å². The average Bonchev–Trinajstić information content (AvgIpc) is 2.55. The van der Waals surface area contributed by atoms with E-state index in [-0.39, 0.29) is 0 Å². The second kappa shape index (κ2) is 7.09. The van der Waals surface area contributed by atoms with Crippen molar-refractivity contribution in [2.24, 2.45) is 0 Å². The molecule has 0 N–H and O–H groups in total. The summed E-state index contributed by atoms with van der Waals surface area (Å²) >= 11 is 0. The SMILES string of the molecule is c1ccc(N2CCN(CCN3CCCCC3)CC2)cc1. The summed E-state index contributed by atoms with van der Waals surface area (Å²) in [6, 6.07) is 10.8. The molecule has 1 aromatic carbocycles. The fourth-order valence-electron chi connectivity index (χ4n) is 3.33. The Morgan fingerprint density at radius 2 is 1.25 bits per heavy atom. The standard InChI is InChI=1S/C17H27N3/c1-3-7-17(8-4-1)20-15-13-19(14-16-20)12-11-18-9-5-2-6-10-18/h1,3-4,7-8H,2,5-6,9-16H2. The fraction of sp³-hybridized carbons (Fsp3) is 0.647. The highest BCUT2D eigenvalue weighted by Gasteiger charge is 2.18. The lowest BCUT2D eigenvalue weighted by Crippen LogP contribution is -2.48. The van der Waals surface area contributed by atoms with Gasteiger partial charge in [0.15, 0.2) is 0 Å². The molecular weight excluding hydrogens is 246 g/mol. The first-order valence-corrected chi connectivity index (χ1v) is 8.16. The van der Waals surface area contributed by atoms with E-state index in [9.17, 15) is 0 Å². The molecule has 0 saturated carbocycles. The molecule has 2 saturated heterocycles. The van der Waals surface area contributed by atoms with Crippen LogP contribution < -0.4 is 4.90 Å². The van der Waals surface area contributed by atoms with E-state index in [0.717, 1.165) is 0 Å². The van der Waals surface area contributed by atoms with Crippen molar-refractivity contribution in [3.8, 4) is 0 Å². The highest BCUT2D eigenvalue weighted by Crippen LogP contribution is 2.15. The predicted octanol–water partition coefficient (Wildman–Crippen LogP) is 2.29. The van der Waals surface area contributed by atoms with Crippen molar-refractivity contribution in [2.45, 2.75) is 19.3 Å². The molecule has 0 unspecified atom stereocenters. The van der Waals surface area contributed by atoms with Gasteiger partial charge < -0.3 is 9.80 Å². The molecule has 0 radical (unpaired) electrons. The molecule has 0 atom stereocenters. The van der Waals surface area contributed by atoms with Crippen molar-refractivity contribution in [1.29, 1.82) is 0 Å². The van der Waals surface area contributed by atoms with Gasteiger partial charge in [0.1, 0.15) is 0 Å². The van der Waals surface area contributed by atoms with Crippen molar-refractivity contribution >= 4 is 5.69 Å². The van der Waals surface area contributed by atoms with Crippen LogP contribution in [0.2, 0.25) is 0 Å². The Bertz CT molecular complexity index is 378. The van der Waals surface area contributed by atoms with Crippen LogP contribution in [0.4, 0.5) is 5.69 Å². The van der Waals surface area contributed by atoms with Gasteiger partial charge in [0.05, 0.1) is 0 Å². The van der Waals surface area contributed by atoms with E-state index in [1.807, 2.05) is 0 Å². The zero-order valence-electron chi connectivity index (χ0n) is 12.5. The molecule has 3 heteroatoms. The summed E-state index contributed by atoms with van der Waals surface area (Å²) in [6.45, 7) is 9.93. The number of piperazine rings is 1. The molecule has 2 aliphatic heterocycles. The van der Waals surface area contributed by atoms with Gasteiger partial charge in [-0.15, -0.1) is 0 Å². The molecule has 0 spiro atoms. The van der Waals surface area contributed by atoms with E-state index in [4.69, 9.17) is 0 Å². The number of likely N-dealkylation sites (tertiary alicyclic amines) is 1. The molecule has 0 aliphatic carbocycles. The lowest BCUT2D eigenvalue weighted by molar-refractivity contribution is 0.177. The summed E-state index contributed by atoms with van der Waals surface area (Å²) in [5.41, 5.74) is 1.38. The van der Waals surface area contributed by atoms with Crippen LogP contribution in [0.1, 0.15) is 19.3 Å². The topological polar surface area (TPSA) is 9.72 Å². The maximum absolute atomic E-state index is 2.65. The van der Waals surface area contributed by atoms with Crippen LogP contribution in [-0.2, 0) is 0 Å². The van der Waals surface area contributed by atoms with Gasteiger partial charge >= 0.3 is 0 Å². The Hall–Kier alpha value is -1.06. The predicted molar refractivity (Wildman–Crippen MR) is 85.4 cm³/mol. The van der Waals surface area contributed by atoms with Crippen molar-refractivity contribution in [3.05, 3.63) is 30.3 Å². The van der Waals surface area contributed by atoms with E-state index in [2.05, 4.69) is 45.0 Å². The maximum atomic E-state index is 2.65. The van der Waals surface area contributed by atoms with Crippen molar-refractivity contribution in [3.63, 3.8) is 0 Å². The normalized spacial score (nSPS) is 22.1. The average molecular weight is 273 g/mol. The molecule has 1 aromatic rings. The van der Waals surface area contributed by atoms with Gasteiger partial charge in [-0.25, -0.2) is 0 Å². The summed E-state index contributed by atoms with van der Waals surface area (Å²) in [6.07, 6.45) is 4.25. The third-order valence-corrected chi connectivity index (χ3v) is 4.67. The van der Waals surface area contributed by atoms with E-state index in [1.165, 1.54) is 77.3 Å². The zero-order chi connectivity index (χ0) is 13.6. The molecule has 2 heterocycles. The number of rotatable bonds is 4. The van der Waals surface area contributed by atoms with Crippen molar-refractivity contribution < 1.29 is 0 Å². The van der Waals surface area contributed by atoms with Gasteiger partial charge in [0.25, 0.3) is 0 Å². The smallest absolute Gasteiger partial charge is 0.0367 e. The Balaban J connectivity index is 1.40. The number of nitrogens with zero attached hydrogens (tertiary/aromatic N) is 3. The lowest BCUT2D eigenvalue weighted by atomic mass is 10.1. The number of hydrogen-bond donors (Lipinski definition) is 0. The van der Waals surface area contributed by atoms with E-state index in [1.54, 1.807) is 0 Å². The summed E-state index contributed by atoms with van der Waals surface area (Å²) < 4.78 is 0. The Kier molecular flexibility index (Phi) is 4.93. The van der Waals surface area contributed by atoms with Crippen LogP contribution in [0.15, 0.2) is 30.3 Å². The molecule has 0 aromatic heterocycles. The minimum Gasteiger partial charge on any atom is -0.369 e. The number of piperidine rings is 1. The Labute approximate surface area is 123 Å². The second-order valence-electron chi connectivity index (χ2n) is 6.07. The van der Waals surface area contributed by atoms with Gasteiger partial charge in [0.2, 0.25) is 0 Å². The number of para-hydroxylation sites is 1. The Morgan fingerprint density at radius 3 is 1.90 bits per heavy atom. The summed E-state index contributed by atoms with van der Waals surface area (Å²) in [7, 11) is 0. The minimum absolute atomic E-state index is 1.17. The van der Waals surface area contributed by atoms with Crippen molar-refractivity contribution in [1.82, 2.24) is 9.80 Å². The summed E-state index contributed by atoms with van der Waals surface area (Å²) in [4.78, 5) is 7.79. The van der Waals surface area contributed by atoms with E-state index < -0.39 is 0 Å². The molecular formula is C17H27N3. The van der Waals surface area contributed by atoms with Gasteiger partial charge in [-0.2, -0.15) is 0 Å². The molecule has 0 amide bonds. The molecule has 2 aliphatic rings. The van der Waals surface area contributed by atoms with Crippen LogP contribution >= 0.6 is 0 Å². The highest BCUT2D eigenvalue weighted by molar-refractivity contribution is 5.46. The van der Waals surface area contributed by atoms with E-state index >= 15 is 0 Å². The number of benzene rings is 1. The largest absolute Gasteiger partial charge is 0.369 e. The van der Waals surface area contributed by atoms with Crippen LogP contribution in [0.5, 0.6) is 0 Å². The van der Waals surface area contributed by atoms with Crippen LogP contribution in [0.3, 0.4) is 0 Å². The third kappa shape index (κ3) is 3.74. The monoisotopic (exact) mass is 273 g/mol. The van der Waals surface area contributed by atoms with Gasteiger partial charge in [0, 0.05) is 45.0 Å². The minimum atomic E-state index is 1.17. The van der Waals surface area contributed by atoms with Gasteiger partial charge in [-0.1, -0.05) is 24.6 Å². The quantitative estimate of drug-likeness (QED) is 0.833. The molecule has 3 nitrogen and oxygen atoms in total. The highest BCUT2D eigenvalue weighted by atomic mass is 15.3. The number of hydrogen-bond acceptors (Lipinski definition) is 3. The molecule has 2 fully saturated rings. The first kappa shape index (κ1) is 13.9. The van der Waals surface area contributed by atoms with Crippen LogP contribution in [0.25, 0.3) is 0 Å². The van der Waals surface area contributed by atoms with Crippen molar-refractivity contribution in [2.75, 3.05) is 57.3 Å². The zero-order valence-corrected chi connectivity index (χ0v) is 12.5. The summed E-state index contributed by atoms with van der Waals surface area (Å²) in [5.74, 6) is 0. The fourth-order valence-corrected chi connectivity index (χ4v) is 3.33. The van der Waals surface area contributed by atoms with Gasteiger partial charge in [-0.05, 0) is 38.1 Å². The Morgan fingerprint density at radius 1 is 0.650 bits per heavy atom. The van der Waals surface area contributed by atoms with E-state index in [0.29, 0.717) is 0 Å². The lowest BCUT2D eigenvalue weighted by Gasteiger charge is -2.37. The first-order valence-electron chi connectivity index (χ1n) is 8.16. The molecule has 110 valence electrons. The van der Waals surface area contributed by atoms with Crippen LogP contribution in [-0.4, -0.2) is 62.2 Å². The second-order valence-corrected chi connectivity index (χ2v) is 6.07. The maximum Gasteiger partial charge on any atom is 0.0367 e.